The second-order valence-corrected chi connectivity index (χ2v) is 8.72. The number of pyridine rings is 1. The normalized spacial score (nSPS) is 16.4. The van der Waals surface area contributed by atoms with Gasteiger partial charge >= 0.3 is 6.18 Å². The Morgan fingerprint density at radius 1 is 1.10 bits per heavy atom. The van der Waals surface area contributed by atoms with Crippen LogP contribution in [0.4, 0.5) is 18.9 Å². The average Bonchev–Trinajstić information content (AvgIpc) is 2.91. The zero-order valence-electron chi connectivity index (χ0n) is 20.9. The average molecular weight is 543 g/mol. The Morgan fingerprint density at radius 3 is 2.49 bits per heavy atom. The molecular weight excluding hydrogens is 517 g/mol. The number of halogens is 3. The number of fused-ring (bicyclic) bond motifs is 5. The lowest BCUT2D eigenvalue weighted by Crippen LogP contribution is -2.45. The van der Waals surface area contributed by atoms with Gasteiger partial charge in [0.2, 0.25) is 0 Å². The van der Waals surface area contributed by atoms with Crippen LogP contribution in [0.25, 0.3) is 0 Å². The van der Waals surface area contributed by atoms with Crippen molar-refractivity contribution < 1.29 is 32.2 Å². The van der Waals surface area contributed by atoms with Crippen LogP contribution in [-0.4, -0.2) is 35.5 Å². The van der Waals surface area contributed by atoms with Crippen LogP contribution in [0.3, 0.4) is 0 Å². The van der Waals surface area contributed by atoms with Gasteiger partial charge < -0.3 is 20.5 Å². The molecule has 39 heavy (non-hydrogen) atoms. The number of aromatic nitrogens is 1. The van der Waals surface area contributed by atoms with E-state index in [4.69, 9.17) is 15.2 Å². The molecule has 2 aliphatic rings. The molecule has 204 valence electrons. The van der Waals surface area contributed by atoms with Gasteiger partial charge in [0.1, 0.15) is 17.6 Å². The van der Waals surface area contributed by atoms with Gasteiger partial charge in [-0.1, -0.05) is 6.07 Å². The number of amidine groups is 1. The van der Waals surface area contributed by atoms with E-state index in [1.54, 1.807) is 42.5 Å². The first-order valence-corrected chi connectivity index (χ1v) is 11.7. The van der Waals surface area contributed by atoms with Crippen LogP contribution >= 0.6 is 0 Å². The summed E-state index contributed by atoms with van der Waals surface area (Å²) in [5.41, 5.74) is 10.9. The fourth-order valence-corrected chi connectivity index (χ4v) is 3.59. The molecular formula is C26H25F3N6O4. The molecule has 5 rings (SSSR count). The highest BCUT2D eigenvalue weighted by molar-refractivity contribution is 5.98. The minimum Gasteiger partial charge on any atom is -0.487 e. The third kappa shape index (κ3) is 6.74. The van der Waals surface area contributed by atoms with Crippen molar-refractivity contribution in [2.24, 2.45) is 10.7 Å². The van der Waals surface area contributed by atoms with E-state index in [2.05, 4.69) is 26.1 Å². The maximum atomic E-state index is 13.3. The lowest BCUT2D eigenvalue weighted by Gasteiger charge is -2.22. The Morgan fingerprint density at radius 2 is 1.85 bits per heavy atom. The van der Waals surface area contributed by atoms with Gasteiger partial charge in [-0.25, -0.2) is 4.99 Å². The zero-order valence-corrected chi connectivity index (χ0v) is 20.9. The fraction of sp³-hybridized carbons (Fsp3) is 0.231. The SMILES string of the molecule is CC(C)Oc1ccc2cc1OC/N=C(/N)c1ccc(cc1)NC2C(=O)NNC(=O)c1ccc(C(F)(F)F)nc1. The van der Waals surface area contributed by atoms with Crippen molar-refractivity contribution >= 4 is 23.3 Å². The summed E-state index contributed by atoms with van der Waals surface area (Å²) in [6.07, 6.45) is -4.03. The summed E-state index contributed by atoms with van der Waals surface area (Å²) in [6.45, 7) is 3.60. The van der Waals surface area contributed by atoms with E-state index in [9.17, 15) is 22.8 Å². The molecule has 13 heteroatoms. The van der Waals surface area contributed by atoms with Crippen LogP contribution in [0.15, 0.2) is 65.8 Å². The first kappa shape index (κ1) is 27.2. The van der Waals surface area contributed by atoms with Crippen LogP contribution in [0.1, 0.15) is 47.1 Å². The van der Waals surface area contributed by atoms with Crippen LogP contribution in [0.5, 0.6) is 11.5 Å². The van der Waals surface area contributed by atoms with Crippen LogP contribution in [0, 0.1) is 0 Å². The molecule has 2 aromatic carbocycles. The molecule has 1 unspecified atom stereocenters. The van der Waals surface area contributed by atoms with Gasteiger partial charge in [-0.2, -0.15) is 13.2 Å². The van der Waals surface area contributed by atoms with Crippen molar-refractivity contribution in [2.75, 3.05) is 12.0 Å². The smallest absolute Gasteiger partial charge is 0.433 e. The number of rotatable bonds is 4. The monoisotopic (exact) mass is 542 g/mol. The van der Waals surface area contributed by atoms with Crippen molar-refractivity contribution in [1.82, 2.24) is 15.8 Å². The Labute approximate surface area is 221 Å². The van der Waals surface area contributed by atoms with Crippen molar-refractivity contribution in [1.29, 1.82) is 0 Å². The predicted octanol–water partition coefficient (Wildman–Crippen LogP) is 3.56. The number of benzene rings is 2. The number of hydrazine groups is 1. The lowest BCUT2D eigenvalue weighted by molar-refractivity contribution is -0.141. The molecule has 5 N–H and O–H groups in total. The van der Waals surface area contributed by atoms with Gasteiger partial charge in [-0.05, 0) is 67.9 Å². The highest BCUT2D eigenvalue weighted by atomic mass is 19.4. The second-order valence-electron chi connectivity index (χ2n) is 8.72. The number of anilines is 1. The lowest BCUT2D eigenvalue weighted by atomic mass is 10.0. The molecule has 0 radical (unpaired) electrons. The summed E-state index contributed by atoms with van der Waals surface area (Å²) in [5, 5.41) is 3.10. The molecule has 3 heterocycles. The standard InChI is InChI=1S/C26H25F3N6O4/c1-14(2)39-19-9-5-16-11-20(19)38-13-32-23(30)15-3-7-18(8-4-15)33-22(16)25(37)35-34-24(36)17-6-10-21(31-12-17)26(27,28)29/h3-12,14,22,33H,13H2,1-2H3,(H2,30,32)(H,34,36)(H,35,37). The van der Waals surface area contributed by atoms with Crippen molar-refractivity contribution in [3.05, 3.63) is 83.2 Å². The predicted molar refractivity (Wildman–Crippen MR) is 136 cm³/mol. The largest absolute Gasteiger partial charge is 0.487 e. The van der Waals surface area contributed by atoms with E-state index in [-0.39, 0.29) is 24.2 Å². The Kier molecular flexibility index (Phi) is 7.88. The number of carbonyl (C=O) groups excluding carboxylic acids is 2. The van der Waals surface area contributed by atoms with Crippen molar-refractivity contribution in [3.63, 3.8) is 0 Å². The fourth-order valence-electron chi connectivity index (χ4n) is 3.59. The molecule has 3 aromatic rings. The molecule has 10 nitrogen and oxygen atoms in total. The number of nitrogens with two attached hydrogens (primary N) is 1. The molecule has 0 saturated heterocycles. The summed E-state index contributed by atoms with van der Waals surface area (Å²) < 4.78 is 49.9. The minimum atomic E-state index is -4.64. The first-order valence-electron chi connectivity index (χ1n) is 11.7. The van der Waals surface area contributed by atoms with E-state index in [0.717, 1.165) is 12.3 Å². The van der Waals surface area contributed by atoms with E-state index in [1.807, 2.05) is 13.8 Å². The number of carbonyl (C=O) groups is 2. The number of ether oxygens (including phenoxy) is 2. The van der Waals surface area contributed by atoms with Crippen molar-refractivity contribution in [2.45, 2.75) is 32.2 Å². The quantitative estimate of drug-likeness (QED) is 0.370. The third-order valence-electron chi connectivity index (χ3n) is 5.49. The maximum Gasteiger partial charge on any atom is 0.433 e. The number of nitrogens with one attached hydrogen (secondary N) is 3. The summed E-state index contributed by atoms with van der Waals surface area (Å²) in [6, 6.07) is 12.4. The van der Waals surface area contributed by atoms with E-state index in [1.165, 1.54) is 0 Å². The van der Waals surface area contributed by atoms with Crippen molar-refractivity contribution in [3.8, 4) is 11.5 Å². The molecule has 0 fully saturated rings. The summed E-state index contributed by atoms with van der Waals surface area (Å²) in [4.78, 5) is 33.2. The molecule has 2 amide bonds. The number of hydrogen-bond donors (Lipinski definition) is 4. The van der Waals surface area contributed by atoms with E-state index >= 15 is 0 Å². The Hall–Kier alpha value is -4.81. The molecule has 0 spiro atoms. The number of hydrogen-bond acceptors (Lipinski definition) is 8. The topological polar surface area (TPSA) is 140 Å². The van der Waals surface area contributed by atoms with Gasteiger partial charge in [0.05, 0.1) is 11.7 Å². The highest BCUT2D eigenvalue weighted by Crippen LogP contribution is 2.33. The molecule has 1 aromatic heterocycles. The minimum absolute atomic E-state index is 0.104. The number of aliphatic imine (C=N–C) groups is 1. The summed E-state index contributed by atoms with van der Waals surface area (Å²) in [5.74, 6) is -0.505. The van der Waals surface area contributed by atoms with Gasteiger partial charge in [-0.3, -0.25) is 25.4 Å². The van der Waals surface area contributed by atoms with E-state index in [0.29, 0.717) is 34.4 Å². The van der Waals surface area contributed by atoms with Gasteiger partial charge in [0.15, 0.2) is 18.2 Å². The third-order valence-corrected chi connectivity index (χ3v) is 5.49. The zero-order chi connectivity index (χ0) is 28.2. The Bertz CT molecular complexity index is 1380. The molecule has 1 atom stereocenters. The van der Waals surface area contributed by atoms with E-state index < -0.39 is 29.7 Å². The van der Waals surface area contributed by atoms with Crippen LogP contribution in [0.2, 0.25) is 0 Å². The molecule has 0 aliphatic carbocycles. The molecule has 0 saturated carbocycles. The van der Waals surface area contributed by atoms with Gasteiger partial charge in [-0.15, -0.1) is 0 Å². The van der Waals surface area contributed by atoms with Gasteiger partial charge in [0, 0.05) is 17.4 Å². The second kappa shape index (κ2) is 11.3. The summed E-state index contributed by atoms with van der Waals surface area (Å²) >= 11 is 0. The maximum absolute atomic E-state index is 13.3. The van der Waals surface area contributed by atoms with Crippen LogP contribution in [-0.2, 0) is 11.0 Å². The van der Waals surface area contributed by atoms with Gasteiger partial charge in [0.25, 0.3) is 11.8 Å². The molecule has 2 aliphatic heterocycles. The number of alkyl halides is 3. The molecule has 4 bridgehead atoms. The van der Waals surface area contributed by atoms with Crippen LogP contribution < -0.4 is 31.4 Å². The highest BCUT2D eigenvalue weighted by Gasteiger charge is 2.32. The number of amides is 2. The Balaban J connectivity index is 1.59. The number of nitrogens with zero attached hydrogens (tertiary/aromatic N) is 2. The summed E-state index contributed by atoms with van der Waals surface area (Å²) in [7, 11) is 0. The first-order chi connectivity index (χ1) is 18.5.